The van der Waals surface area contributed by atoms with Crippen molar-refractivity contribution in [2.75, 3.05) is 0 Å². The smallest absolute Gasteiger partial charge is 0.167 e. The van der Waals surface area contributed by atoms with Crippen LogP contribution in [0.4, 0.5) is 17.6 Å². The summed E-state index contributed by atoms with van der Waals surface area (Å²) in [4.78, 5) is 0. The Hall–Kier alpha value is -3.66. The van der Waals surface area contributed by atoms with E-state index in [2.05, 4.69) is 0 Å². The van der Waals surface area contributed by atoms with Crippen molar-refractivity contribution >= 4 is 12.2 Å². The van der Waals surface area contributed by atoms with Crippen LogP contribution in [0.5, 0.6) is 0 Å². The van der Waals surface area contributed by atoms with Gasteiger partial charge in [-0.1, -0.05) is 105 Å². The van der Waals surface area contributed by atoms with Crippen LogP contribution in [-0.4, -0.2) is 0 Å². The fraction of sp³-hybridized carbons (Fsp3) is 0.161. The molecule has 0 unspecified atom stereocenters. The molecule has 0 N–H and O–H groups in total. The summed E-state index contributed by atoms with van der Waals surface area (Å²) in [5.74, 6) is -3.48. The maximum absolute atomic E-state index is 15.0. The molecular formula is C31H26F4. The molecule has 0 nitrogen and oxygen atoms in total. The summed E-state index contributed by atoms with van der Waals surface area (Å²) in [6, 6.07) is 20.5. The molecule has 4 aromatic carbocycles. The molecule has 4 heteroatoms. The molecule has 0 aliphatic heterocycles. The van der Waals surface area contributed by atoms with Crippen LogP contribution in [0.15, 0.2) is 72.8 Å². The summed E-state index contributed by atoms with van der Waals surface area (Å²) in [6.45, 7) is 3.95. The van der Waals surface area contributed by atoms with Crippen molar-refractivity contribution in [1.29, 1.82) is 0 Å². The second kappa shape index (κ2) is 10.7. The Balaban J connectivity index is 1.56. The van der Waals surface area contributed by atoms with Crippen molar-refractivity contribution in [2.45, 2.75) is 33.1 Å². The number of hydrogen-bond acceptors (Lipinski definition) is 0. The van der Waals surface area contributed by atoms with Crippen molar-refractivity contribution in [2.24, 2.45) is 0 Å². The van der Waals surface area contributed by atoms with Gasteiger partial charge in [0, 0.05) is 16.7 Å². The molecule has 0 spiro atoms. The van der Waals surface area contributed by atoms with Gasteiger partial charge in [-0.05, 0) is 40.7 Å². The van der Waals surface area contributed by atoms with Crippen LogP contribution in [0.1, 0.15) is 42.5 Å². The first kappa shape index (κ1) is 24.5. The second-order valence-corrected chi connectivity index (χ2v) is 8.49. The molecular weight excluding hydrogens is 448 g/mol. The largest absolute Gasteiger partial charge is 0.203 e. The lowest BCUT2D eigenvalue weighted by Gasteiger charge is -2.10. The third-order valence-corrected chi connectivity index (χ3v) is 6.14. The Morgan fingerprint density at radius 1 is 0.571 bits per heavy atom. The number of halogens is 4. The standard InChI is InChI=1S/C31H26F4/c1-3-5-24-16-17-25(29(33)28(24)32)15-10-21-8-13-23(14-9-21)27-19-18-26(30(34)31(27)35)22-11-6-20(4-2)7-12-22/h6-19H,3-5H2,1-2H3/b15-10+. The predicted octanol–water partition coefficient (Wildman–Crippen LogP) is 9.26. The van der Waals surface area contributed by atoms with E-state index in [0.717, 1.165) is 24.0 Å². The van der Waals surface area contributed by atoms with Crippen molar-refractivity contribution in [3.8, 4) is 22.3 Å². The monoisotopic (exact) mass is 474 g/mol. The van der Waals surface area contributed by atoms with Gasteiger partial charge in [-0.15, -0.1) is 0 Å². The molecule has 0 fully saturated rings. The van der Waals surface area contributed by atoms with Gasteiger partial charge in [-0.2, -0.15) is 0 Å². The number of aryl methyl sites for hydroxylation is 2. The highest BCUT2D eigenvalue weighted by molar-refractivity contribution is 5.75. The van der Waals surface area contributed by atoms with Crippen molar-refractivity contribution < 1.29 is 17.6 Å². The van der Waals surface area contributed by atoms with E-state index in [1.54, 1.807) is 66.7 Å². The van der Waals surface area contributed by atoms with Gasteiger partial charge in [0.15, 0.2) is 23.3 Å². The lowest BCUT2D eigenvalue weighted by atomic mass is 9.97. The van der Waals surface area contributed by atoms with Gasteiger partial charge in [-0.25, -0.2) is 17.6 Å². The molecule has 0 aliphatic rings. The maximum Gasteiger partial charge on any atom is 0.167 e. The number of rotatable bonds is 7. The van der Waals surface area contributed by atoms with Gasteiger partial charge >= 0.3 is 0 Å². The molecule has 0 saturated carbocycles. The van der Waals surface area contributed by atoms with Crippen LogP contribution in [0.3, 0.4) is 0 Å². The third-order valence-electron chi connectivity index (χ3n) is 6.14. The van der Waals surface area contributed by atoms with Crippen molar-refractivity contribution in [1.82, 2.24) is 0 Å². The molecule has 0 saturated heterocycles. The third kappa shape index (κ3) is 5.22. The fourth-order valence-corrected chi connectivity index (χ4v) is 4.07. The molecule has 0 radical (unpaired) electrons. The molecule has 0 amide bonds. The predicted molar refractivity (Wildman–Crippen MR) is 136 cm³/mol. The van der Waals surface area contributed by atoms with E-state index in [1.165, 1.54) is 6.08 Å². The Kier molecular flexibility index (Phi) is 7.50. The first-order valence-corrected chi connectivity index (χ1v) is 11.8. The molecule has 4 aromatic rings. The van der Waals surface area contributed by atoms with Gasteiger partial charge in [0.2, 0.25) is 0 Å². The Morgan fingerprint density at radius 3 is 1.69 bits per heavy atom. The van der Waals surface area contributed by atoms with Crippen LogP contribution in [0.25, 0.3) is 34.4 Å². The average Bonchev–Trinajstić information content (AvgIpc) is 2.88. The lowest BCUT2D eigenvalue weighted by Crippen LogP contribution is -1.96. The molecule has 0 aliphatic carbocycles. The number of hydrogen-bond donors (Lipinski definition) is 0. The Bertz CT molecular complexity index is 1350. The Labute approximate surface area is 203 Å². The SMILES string of the molecule is CCCc1ccc(/C=C/c2ccc(-c3ccc(-c4ccc(CC)cc4)c(F)c3F)cc2)c(F)c1F. The molecule has 178 valence electrons. The first-order chi connectivity index (χ1) is 16.9. The minimum Gasteiger partial charge on any atom is -0.203 e. The van der Waals surface area contributed by atoms with Crippen LogP contribution < -0.4 is 0 Å². The maximum atomic E-state index is 15.0. The zero-order chi connectivity index (χ0) is 24.9. The Morgan fingerprint density at radius 2 is 1.14 bits per heavy atom. The molecule has 0 aromatic heterocycles. The van der Waals surface area contributed by atoms with Gasteiger partial charge in [0.1, 0.15) is 0 Å². The topological polar surface area (TPSA) is 0 Å². The van der Waals surface area contributed by atoms with Crippen LogP contribution in [0, 0.1) is 23.3 Å². The zero-order valence-electron chi connectivity index (χ0n) is 19.7. The van der Waals surface area contributed by atoms with Crippen molar-refractivity contribution in [3.05, 3.63) is 118 Å². The minimum absolute atomic E-state index is 0.155. The van der Waals surface area contributed by atoms with E-state index < -0.39 is 23.3 Å². The van der Waals surface area contributed by atoms with Crippen molar-refractivity contribution in [3.63, 3.8) is 0 Å². The normalized spacial score (nSPS) is 11.4. The van der Waals surface area contributed by atoms with Crippen LogP contribution >= 0.6 is 0 Å². The van der Waals surface area contributed by atoms with Crippen LogP contribution in [0.2, 0.25) is 0 Å². The van der Waals surface area contributed by atoms with Crippen LogP contribution in [-0.2, 0) is 12.8 Å². The summed E-state index contributed by atoms with van der Waals surface area (Å²) in [5.41, 5.74) is 3.89. The summed E-state index contributed by atoms with van der Waals surface area (Å²) >= 11 is 0. The van der Waals surface area contributed by atoms with E-state index >= 15 is 0 Å². The first-order valence-electron chi connectivity index (χ1n) is 11.8. The van der Waals surface area contributed by atoms with E-state index in [4.69, 9.17) is 0 Å². The summed E-state index contributed by atoms with van der Waals surface area (Å²) in [6.07, 6.45) is 5.25. The fourth-order valence-electron chi connectivity index (χ4n) is 4.07. The van der Waals surface area contributed by atoms with Gasteiger partial charge in [-0.3, -0.25) is 0 Å². The zero-order valence-corrected chi connectivity index (χ0v) is 19.7. The number of benzene rings is 4. The average molecular weight is 475 g/mol. The summed E-state index contributed by atoms with van der Waals surface area (Å²) in [7, 11) is 0. The van der Waals surface area contributed by atoms with E-state index in [9.17, 15) is 17.6 Å². The van der Waals surface area contributed by atoms with E-state index in [1.807, 2.05) is 26.0 Å². The highest BCUT2D eigenvalue weighted by Gasteiger charge is 2.16. The molecule has 0 atom stereocenters. The van der Waals surface area contributed by atoms with E-state index in [-0.39, 0.29) is 16.7 Å². The lowest BCUT2D eigenvalue weighted by molar-refractivity contribution is 0.496. The quantitative estimate of drug-likeness (QED) is 0.185. The van der Waals surface area contributed by atoms with Gasteiger partial charge < -0.3 is 0 Å². The highest BCUT2D eigenvalue weighted by atomic mass is 19.2. The molecule has 4 rings (SSSR count). The molecule has 35 heavy (non-hydrogen) atoms. The highest BCUT2D eigenvalue weighted by Crippen LogP contribution is 2.32. The second-order valence-electron chi connectivity index (χ2n) is 8.49. The van der Waals surface area contributed by atoms with Gasteiger partial charge in [0.25, 0.3) is 0 Å². The molecule has 0 bridgehead atoms. The summed E-state index contributed by atoms with van der Waals surface area (Å²) in [5, 5.41) is 0. The summed E-state index contributed by atoms with van der Waals surface area (Å²) < 4.78 is 58.4. The van der Waals surface area contributed by atoms with E-state index in [0.29, 0.717) is 23.1 Å². The minimum atomic E-state index is -0.907. The molecule has 0 heterocycles. The van der Waals surface area contributed by atoms with Gasteiger partial charge in [0.05, 0.1) is 0 Å².